The number of aromatic nitrogens is 4. The number of rotatable bonds is 4. The Morgan fingerprint density at radius 1 is 1.14 bits per heavy atom. The first-order valence-corrected chi connectivity index (χ1v) is 9.40. The Hall–Kier alpha value is -3.28. The van der Waals surface area contributed by atoms with Crippen LogP contribution in [0.3, 0.4) is 0 Å². The molecule has 1 amide bonds. The summed E-state index contributed by atoms with van der Waals surface area (Å²) >= 11 is 0. The van der Waals surface area contributed by atoms with Gasteiger partial charge in [-0.25, -0.2) is 14.5 Å². The van der Waals surface area contributed by atoms with Crippen molar-refractivity contribution in [1.29, 1.82) is 0 Å². The quantitative estimate of drug-likeness (QED) is 0.585. The second kappa shape index (κ2) is 7.03. The minimum atomic E-state index is -0.00172. The van der Waals surface area contributed by atoms with Gasteiger partial charge in [-0.05, 0) is 63.4 Å². The Morgan fingerprint density at radius 2 is 1.96 bits per heavy atom. The highest BCUT2D eigenvalue weighted by Crippen LogP contribution is 2.22. The molecule has 3 aromatic heterocycles. The van der Waals surface area contributed by atoms with Gasteiger partial charge < -0.3 is 5.32 Å². The second-order valence-electron chi connectivity index (χ2n) is 7.24. The van der Waals surface area contributed by atoms with E-state index >= 15 is 0 Å². The van der Waals surface area contributed by atoms with Crippen LogP contribution < -0.4 is 5.32 Å². The van der Waals surface area contributed by atoms with E-state index in [2.05, 4.69) is 21.5 Å². The number of nitrogens with zero attached hydrogens (tertiary/aromatic N) is 4. The SMILES string of the molecule is Cc1ccc(NC(=O)CCc2c(C)nc3c4cccnc4nn3c2C)c(C)c1. The first kappa shape index (κ1) is 18.1. The molecule has 1 N–H and O–H groups in total. The zero-order chi connectivity index (χ0) is 19.8. The standard InChI is InChI=1S/C22H23N5O/c1-13-7-9-19(14(2)12-13)25-20(28)10-8-17-15(3)24-22-18-6-5-11-23-21(18)26-27(22)16(17)4/h5-7,9,11-12H,8,10H2,1-4H3,(H,25,28). The summed E-state index contributed by atoms with van der Waals surface area (Å²) in [6.07, 6.45) is 2.73. The van der Waals surface area contributed by atoms with Gasteiger partial charge >= 0.3 is 0 Å². The number of fused-ring (bicyclic) bond motifs is 3. The molecule has 0 spiro atoms. The van der Waals surface area contributed by atoms with Crippen molar-refractivity contribution in [3.05, 3.63) is 64.6 Å². The molecule has 4 rings (SSSR count). The summed E-state index contributed by atoms with van der Waals surface area (Å²) in [4.78, 5) is 21.5. The molecular weight excluding hydrogens is 350 g/mol. The van der Waals surface area contributed by atoms with Gasteiger partial charge in [0.15, 0.2) is 11.3 Å². The molecule has 6 heteroatoms. The Morgan fingerprint density at radius 3 is 2.75 bits per heavy atom. The molecule has 6 nitrogen and oxygen atoms in total. The molecule has 0 saturated carbocycles. The summed E-state index contributed by atoms with van der Waals surface area (Å²) in [5.41, 5.74) is 7.58. The van der Waals surface area contributed by atoms with Crippen LogP contribution in [-0.4, -0.2) is 25.5 Å². The lowest BCUT2D eigenvalue weighted by Gasteiger charge is -2.12. The first-order chi connectivity index (χ1) is 13.4. The zero-order valence-electron chi connectivity index (χ0n) is 16.6. The van der Waals surface area contributed by atoms with Crippen molar-refractivity contribution in [2.45, 2.75) is 40.5 Å². The van der Waals surface area contributed by atoms with Gasteiger partial charge in [-0.3, -0.25) is 4.79 Å². The highest BCUT2D eigenvalue weighted by molar-refractivity contribution is 5.92. The minimum Gasteiger partial charge on any atom is -0.326 e. The number of carbonyl (C=O) groups excluding carboxylic acids is 1. The number of benzene rings is 1. The summed E-state index contributed by atoms with van der Waals surface area (Å²) in [7, 11) is 0. The molecule has 0 bridgehead atoms. The van der Waals surface area contributed by atoms with Crippen LogP contribution in [0.15, 0.2) is 36.5 Å². The van der Waals surface area contributed by atoms with Gasteiger partial charge in [0.1, 0.15) is 0 Å². The molecule has 0 aliphatic rings. The summed E-state index contributed by atoms with van der Waals surface area (Å²) < 4.78 is 1.84. The van der Waals surface area contributed by atoms with Crippen molar-refractivity contribution >= 4 is 28.3 Å². The van der Waals surface area contributed by atoms with Crippen molar-refractivity contribution in [3.63, 3.8) is 0 Å². The predicted octanol–water partition coefficient (Wildman–Crippen LogP) is 4.08. The van der Waals surface area contributed by atoms with Gasteiger partial charge in [-0.15, -0.1) is 5.10 Å². The third-order valence-electron chi connectivity index (χ3n) is 5.15. The highest BCUT2D eigenvalue weighted by atomic mass is 16.1. The van der Waals surface area contributed by atoms with E-state index in [0.717, 1.165) is 39.2 Å². The van der Waals surface area contributed by atoms with Gasteiger partial charge in [-0.1, -0.05) is 17.7 Å². The van der Waals surface area contributed by atoms with Crippen LogP contribution in [-0.2, 0) is 11.2 Å². The van der Waals surface area contributed by atoms with Crippen molar-refractivity contribution in [2.24, 2.45) is 0 Å². The van der Waals surface area contributed by atoms with Crippen molar-refractivity contribution in [3.8, 4) is 0 Å². The van der Waals surface area contributed by atoms with Gasteiger partial charge in [0.05, 0.1) is 5.39 Å². The number of nitrogens with one attached hydrogen (secondary N) is 1. The number of carbonyl (C=O) groups is 1. The Balaban J connectivity index is 1.57. The molecule has 0 radical (unpaired) electrons. The summed E-state index contributed by atoms with van der Waals surface area (Å²) in [6.45, 7) is 8.05. The normalized spacial score (nSPS) is 11.3. The van der Waals surface area contributed by atoms with Crippen LogP contribution in [0.25, 0.3) is 16.7 Å². The van der Waals surface area contributed by atoms with E-state index in [9.17, 15) is 4.79 Å². The number of aryl methyl sites for hydroxylation is 4. The number of amides is 1. The Labute approximate surface area is 163 Å². The third-order valence-corrected chi connectivity index (χ3v) is 5.15. The summed E-state index contributed by atoms with van der Waals surface area (Å²) in [6, 6.07) is 9.90. The fourth-order valence-corrected chi connectivity index (χ4v) is 3.63. The van der Waals surface area contributed by atoms with Crippen LogP contribution in [0.1, 0.15) is 34.5 Å². The second-order valence-corrected chi connectivity index (χ2v) is 7.24. The molecule has 0 unspecified atom stereocenters. The molecule has 142 valence electrons. The molecule has 1 aromatic carbocycles. The summed E-state index contributed by atoms with van der Waals surface area (Å²) in [5.74, 6) is -0.00172. The van der Waals surface area contributed by atoms with Crippen LogP contribution in [0.5, 0.6) is 0 Å². The van der Waals surface area contributed by atoms with Gasteiger partial charge in [0.2, 0.25) is 5.91 Å². The molecule has 0 fully saturated rings. The van der Waals surface area contributed by atoms with Crippen LogP contribution >= 0.6 is 0 Å². The van der Waals surface area contributed by atoms with E-state index in [4.69, 9.17) is 4.98 Å². The smallest absolute Gasteiger partial charge is 0.224 e. The van der Waals surface area contributed by atoms with Crippen LogP contribution in [0.4, 0.5) is 5.69 Å². The van der Waals surface area contributed by atoms with Crippen LogP contribution in [0.2, 0.25) is 0 Å². The zero-order valence-corrected chi connectivity index (χ0v) is 16.6. The number of anilines is 1. The Kier molecular flexibility index (Phi) is 4.55. The van der Waals surface area contributed by atoms with Gasteiger partial charge in [0, 0.05) is 29.7 Å². The highest BCUT2D eigenvalue weighted by Gasteiger charge is 2.15. The third kappa shape index (κ3) is 3.22. The molecule has 0 aliphatic carbocycles. The fraction of sp³-hybridized carbons (Fsp3) is 0.273. The molecule has 3 heterocycles. The number of hydrogen-bond donors (Lipinski definition) is 1. The topological polar surface area (TPSA) is 72.2 Å². The van der Waals surface area contributed by atoms with E-state index in [1.54, 1.807) is 6.20 Å². The minimum absolute atomic E-state index is 0.00172. The van der Waals surface area contributed by atoms with Crippen molar-refractivity contribution in [2.75, 3.05) is 5.32 Å². The van der Waals surface area contributed by atoms with E-state index in [0.29, 0.717) is 18.5 Å². The molecule has 0 atom stereocenters. The molecular formula is C22H23N5O. The van der Waals surface area contributed by atoms with Gasteiger partial charge in [-0.2, -0.15) is 0 Å². The summed E-state index contributed by atoms with van der Waals surface area (Å²) in [5, 5.41) is 8.52. The van der Waals surface area contributed by atoms with Crippen LogP contribution in [0, 0.1) is 27.7 Å². The maximum atomic E-state index is 12.5. The average Bonchev–Trinajstić information content (AvgIpc) is 3.03. The first-order valence-electron chi connectivity index (χ1n) is 9.40. The monoisotopic (exact) mass is 373 g/mol. The maximum absolute atomic E-state index is 12.5. The molecule has 4 aromatic rings. The predicted molar refractivity (Wildman–Crippen MR) is 111 cm³/mol. The van der Waals surface area contributed by atoms with E-state index < -0.39 is 0 Å². The van der Waals surface area contributed by atoms with Crippen molar-refractivity contribution in [1.82, 2.24) is 19.6 Å². The molecule has 0 aliphatic heterocycles. The van der Waals surface area contributed by atoms with E-state index in [1.165, 1.54) is 5.56 Å². The van der Waals surface area contributed by atoms with Gasteiger partial charge in [0.25, 0.3) is 0 Å². The maximum Gasteiger partial charge on any atom is 0.224 e. The lowest BCUT2D eigenvalue weighted by molar-refractivity contribution is -0.116. The fourth-order valence-electron chi connectivity index (χ4n) is 3.63. The van der Waals surface area contributed by atoms with E-state index in [1.807, 2.05) is 56.5 Å². The molecule has 28 heavy (non-hydrogen) atoms. The van der Waals surface area contributed by atoms with E-state index in [-0.39, 0.29) is 5.91 Å². The lowest BCUT2D eigenvalue weighted by atomic mass is 10.1. The lowest BCUT2D eigenvalue weighted by Crippen LogP contribution is -2.15. The largest absolute Gasteiger partial charge is 0.326 e. The number of hydrogen-bond acceptors (Lipinski definition) is 4. The molecule has 0 saturated heterocycles. The number of pyridine rings is 1. The Bertz CT molecular complexity index is 1210. The average molecular weight is 373 g/mol. The van der Waals surface area contributed by atoms with Crippen molar-refractivity contribution < 1.29 is 4.79 Å².